The molecule has 4 rings (SSSR count). The van der Waals surface area contributed by atoms with Crippen LogP contribution in [0, 0.1) is 5.41 Å². The number of aliphatic hydroxyl groups is 1. The third kappa shape index (κ3) is 3.42. The molecule has 1 saturated heterocycles. The molecule has 2 unspecified atom stereocenters. The van der Waals surface area contributed by atoms with Crippen LogP contribution >= 0.6 is 0 Å². The van der Waals surface area contributed by atoms with Gasteiger partial charge < -0.3 is 14.6 Å². The van der Waals surface area contributed by atoms with E-state index in [9.17, 15) is 19.5 Å². The minimum absolute atomic E-state index is 0.183. The molecule has 2 aromatic carbocycles. The lowest BCUT2D eigenvalue weighted by Gasteiger charge is -2.50. The van der Waals surface area contributed by atoms with Crippen molar-refractivity contribution in [2.75, 3.05) is 14.2 Å². The first kappa shape index (κ1) is 20.9. The highest BCUT2D eigenvalue weighted by Gasteiger charge is 2.63. The topological polar surface area (TPSA) is 114 Å². The number of imide groups is 2. The van der Waals surface area contributed by atoms with Gasteiger partial charge in [-0.15, -0.1) is 0 Å². The number of hydrogen-bond donors (Lipinski definition) is 3. The highest BCUT2D eigenvalue weighted by molar-refractivity contribution is 6.20. The largest absolute Gasteiger partial charge is 0.497 e. The molecule has 8 nitrogen and oxygen atoms in total. The number of barbiturate groups is 1. The molecule has 1 aliphatic heterocycles. The van der Waals surface area contributed by atoms with Gasteiger partial charge in [-0.05, 0) is 48.2 Å². The predicted octanol–water partition coefficient (Wildman–Crippen LogP) is 2.08. The number of aliphatic hydroxyl groups excluding tert-OH is 1. The van der Waals surface area contributed by atoms with Crippen LogP contribution in [0.1, 0.15) is 35.8 Å². The average Bonchev–Trinajstić information content (AvgIpc) is 2.77. The van der Waals surface area contributed by atoms with Crippen molar-refractivity contribution in [3.8, 4) is 11.5 Å². The van der Waals surface area contributed by atoms with Crippen molar-refractivity contribution in [1.82, 2.24) is 10.6 Å². The van der Waals surface area contributed by atoms with Crippen molar-refractivity contribution < 1.29 is 29.0 Å². The molecule has 2 aromatic rings. The molecule has 31 heavy (non-hydrogen) atoms. The number of methoxy groups -OCH3 is 2. The van der Waals surface area contributed by atoms with Gasteiger partial charge in [-0.2, -0.15) is 0 Å². The molecule has 1 saturated carbocycles. The van der Waals surface area contributed by atoms with E-state index in [1.54, 1.807) is 48.5 Å². The van der Waals surface area contributed by atoms with Gasteiger partial charge in [0.2, 0.25) is 11.8 Å². The summed E-state index contributed by atoms with van der Waals surface area (Å²) in [6.45, 7) is 0. The predicted molar refractivity (Wildman–Crippen MR) is 111 cm³/mol. The van der Waals surface area contributed by atoms with E-state index >= 15 is 0 Å². The highest BCUT2D eigenvalue weighted by Crippen LogP contribution is 2.56. The van der Waals surface area contributed by atoms with Crippen LogP contribution in [0.4, 0.5) is 4.79 Å². The fraction of sp³-hybridized carbons (Fsp3) is 0.348. The van der Waals surface area contributed by atoms with E-state index in [1.165, 1.54) is 14.2 Å². The number of amides is 4. The van der Waals surface area contributed by atoms with Crippen LogP contribution in [-0.4, -0.2) is 43.3 Å². The molecule has 2 fully saturated rings. The molecule has 0 radical (unpaired) electrons. The number of carbonyl (C=O) groups is 3. The minimum Gasteiger partial charge on any atom is -0.497 e. The number of ether oxygens (including phenoxy) is 2. The standard InChI is InChI=1S/C23H24N2O6/c1-30-16-7-3-5-13(9-16)18-11-15(26)12-19(14-6-4-8-17(10-14)31-2)23(18)20(27)24-22(29)25-21(23)28/h3-10,15,18-19,26H,11-12H2,1-2H3,(H2,24,25,27,28,29). The molecule has 0 aromatic heterocycles. The van der Waals surface area contributed by atoms with Crippen LogP contribution in [0.25, 0.3) is 0 Å². The molecule has 1 aliphatic carbocycles. The molecule has 0 bridgehead atoms. The van der Waals surface area contributed by atoms with Gasteiger partial charge in [0.1, 0.15) is 16.9 Å². The Kier molecular flexibility index (Phi) is 5.41. The summed E-state index contributed by atoms with van der Waals surface area (Å²) in [7, 11) is 3.06. The van der Waals surface area contributed by atoms with E-state index in [2.05, 4.69) is 10.6 Å². The van der Waals surface area contributed by atoms with Crippen molar-refractivity contribution in [3.05, 3.63) is 59.7 Å². The van der Waals surface area contributed by atoms with E-state index in [0.717, 1.165) is 0 Å². The van der Waals surface area contributed by atoms with Gasteiger partial charge >= 0.3 is 6.03 Å². The van der Waals surface area contributed by atoms with E-state index in [0.29, 0.717) is 22.6 Å². The Balaban J connectivity index is 1.94. The second-order valence-electron chi connectivity index (χ2n) is 7.89. The van der Waals surface area contributed by atoms with Gasteiger partial charge in [-0.1, -0.05) is 24.3 Å². The summed E-state index contributed by atoms with van der Waals surface area (Å²) in [5, 5.41) is 15.3. The monoisotopic (exact) mass is 424 g/mol. The van der Waals surface area contributed by atoms with Gasteiger partial charge in [0.05, 0.1) is 20.3 Å². The Bertz CT molecular complexity index is 957. The zero-order chi connectivity index (χ0) is 22.2. The summed E-state index contributed by atoms with van der Waals surface area (Å²) < 4.78 is 10.7. The van der Waals surface area contributed by atoms with Crippen molar-refractivity contribution in [2.45, 2.75) is 30.8 Å². The average molecular weight is 424 g/mol. The van der Waals surface area contributed by atoms with Crippen molar-refractivity contribution in [1.29, 1.82) is 0 Å². The molecule has 4 amide bonds. The maximum atomic E-state index is 13.4. The van der Waals surface area contributed by atoms with Gasteiger partial charge in [0, 0.05) is 11.8 Å². The van der Waals surface area contributed by atoms with Gasteiger partial charge in [-0.25, -0.2) is 4.79 Å². The summed E-state index contributed by atoms with van der Waals surface area (Å²) in [5.74, 6) is -1.58. The first-order chi connectivity index (χ1) is 14.9. The molecule has 1 spiro atoms. The number of nitrogens with one attached hydrogen (secondary N) is 2. The summed E-state index contributed by atoms with van der Waals surface area (Å²) in [6.07, 6.45) is -0.387. The number of carbonyl (C=O) groups excluding carboxylic acids is 3. The van der Waals surface area contributed by atoms with Gasteiger partial charge in [-0.3, -0.25) is 20.2 Å². The summed E-state index contributed by atoms with van der Waals surface area (Å²) in [4.78, 5) is 38.8. The molecule has 8 heteroatoms. The molecule has 2 atom stereocenters. The number of rotatable bonds is 4. The highest BCUT2D eigenvalue weighted by atomic mass is 16.5. The third-order valence-corrected chi connectivity index (χ3v) is 6.31. The van der Waals surface area contributed by atoms with Crippen LogP contribution in [0.5, 0.6) is 11.5 Å². The third-order valence-electron chi connectivity index (χ3n) is 6.31. The Labute approximate surface area is 179 Å². The quantitative estimate of drug-likeness (QED) is 0.648. The van der Waals surface area contributed by atoms with Crippen molar-refractivity contribution >= 4 is 17.8 Å². The molecule has 1 heterocycles. The first-order valence-electron chi connectivity index (χ1n) is 10.0. The molecular weight excluding hydrogens is 400 g/mol. The van der Waals surface area contributed by atoms with Crippen molar-refractivity contribution in [3.63, 3.8) is 0 Å². The zero-order valence-electron chi connectivity index (χ0n) is 17.3. The summed E-state index contributed by atoms with van der Waals surface area (Å²) in [6, 6.07) is 13.3. The van der Waals surface area contributed by atoms with E-state index in [1.807, 2.05) is 0 Å². The Morgan fingerprint density at radius 2 is 1.29 bits per heavy atom. The normalized spacial score (nSPS) is 25.0. The Morgan fingerprint density at radius 3 is 1.71 bits per heavy atom. The van der Waals surface area contributed by atoms with E-state index in [4.69, 9.17) is 9.47 Å². The fourth-order valence-corrected chi connectivity index (χ4v) is 4.95. The van der Waals surface area contributed by atoms with E-state index < -0.39 is 41.2 Å². The smallest absolute Gasteiger partial charge is 0.328 e. The van der Waals surface area contributed by atoms with Crippen LogP contribution in [0.2, 0.25) is 0 Å². The van der Waals surface area contributed by atoms with Crippen LogP contribution < -0.4 is 20.1 Å². The SMILES string of the molecule is COc1cccc(C2CC(O)CC(c3cccc(OC)c3)C23C(=O)NC(=O)NC3=O)c1. The summed E-state index contributed by atoms with van der Waals surface area (Å²) in [5.41, 5.74) is -0.289. The van der Waals surface area contributed by atoms with Crippen LogP contribution in [-0.2, 0) is 9.59 Å². The first-order valence-corrected chi connectivity index (χ1v) is 10.0. The lowest BCUT2D eigenvalue weighted by Crippen LogP contribution is -2.68. The van der Waals surface area contributed by atoms with Crippen LogP contribution in [0.3, 0.4) is 0 Å². The second kappa shape index (κ2) is 8.03. The lowest BCUT2D eigenvalue weighted by atomic mass is 9.54. The maximum absolute atomic E-state index is 13.4. The molecule has 2 aliphatic rings. The minimum atomic E-state index is -1.63. The zero-order valence-corrected chi connectivity index (χ0v) is 17.3. The maximum Gasteiger partial charge on any atom is 0.328 e. The van der Waals surface area contributed by atoms with Gasteiger partial charge in [0.25, 0.3) is 0 Å². The fourth-order valence-electron chi connectivity index (χ4n) is 4.95. The van der Waals surface area contributed by atoms with Crippen molar-refractivity contribution in [2.24, 2.45) is 5.41 Å². The molecule has 3 N–H and O–H groups in total. The summed E-state index contributed by atoms with van der Waals surface area (Å²) >= 11 is 0. The number of benzene rings is 2. The number of urea groups is 1. The number of hydrogen-bond acceptors (Lipinski definition) is 6. The van der Waals surface area contributed by atoms with E-state index in [-0.39, 0.29) is 12.8 Å². The Hall–Kier alpha value is -3.39. The lowest BCUT2D eigenvalue weighted by molar-refractivity contribution is -0.152. The second-order valence-corrected chi connectivity index (χ2v) is 7.89. The molecule has 162 valence electrons. The molecular formula is C23H24N2O6. The van der Waals surface area contributed by atoms with Gasteiger partial charge in [0.15, 0.2) is 0 Å². The van der Waals surface area contributed by atoms with Crippen LogP contribution in [0.15, 0.2) is 48.5 Å². The Morgan fingerprint density at radius 1 is 0.839 bits per heavy atom.